The van der Waals surface area contributed by atoms with E-state index in [1.54, 1.807) is 0 Å². The Morgan fingerprint density at radius 3 is 2.42 bits per heavy atom. The van der Waals surface area contributed by atoms with Gasteiger partial charge in [-0.1, -0.05) is 6.92 Å². The Hall–Kier alpha value is -0.870. The predicted molar refractivity (Wildman–Crippen MR) is 57.7 cm³/mol. The molecular weight excluding hydrogens is 291 g/mol. The van der Waals surface area contributed by atoms with E-state index in [4.69, 9.17) is 9.84 Å². The van der Waals surface area contributed by atoms with E-state index in [-0.39, 0.29) is 23.9 Å². The monoisotopic (exact) mass is 305 g/mol. The fraction of sp³-hybridized carbons (Fsp3) is 0.889. The lowest BCUT2D eigenvalue weighted by Crippen LogP contribution is -2.51. The van der Waals surface area contributed by atoms with Crippen LogP contribution in [-0.4, -0.2) is 55.1 Å². The van der Waals surface area contributed by atoms with E-state index in [0.717, 1.165) is 0 Å². The quantitative estimate of drug-likeness (QED) is 0.806. The molecule has 0 saturated carbocycles. The number of carboxylic acids is 1. The van der Waals surface area contributed by atoms with Crippen molar-refractivity contribution >= 4 is 16.0 Å². The number of carboxylic acid groups (broad SMARTS) is 1. The van der Waals surface area contributed by atoms with E-state index in [0.29, 0.717) is 0 Å². The molecule has 2 atom stereocenters. The van der Waals surface area contributed by atoms with Crippen LogP contribution in [0, 0.1) is 5.92 Å². The minimum atomic E-state index is -5.56. The highest BCUT2D eigenvalue weighted by atomic mass is 32.2. The SMILES string of the molecule is CCCN(C1COCC1C(=O)O)S(=O)(=O)C(F)(F)F. The van der Waals surface area contributed by atoms with Crippen LogP contribution in [0.3, 0.4) is 0 Å². The number of sulfonamides is 1. The summed E-state index contributed by atoms with van der Waals surface area (Å²) < 4.78 is 65.6. The molecule has 0 spiro atoms. The average Bonchev–Trinajstić information content (AvgIpc) is 2.72. The van der Waals surface area contributed by atoms with Gasteiger partial charge >= 0.3 is 21.5 Å². The first-order valence-electron chi connectivity index (χ1n) is 5.51. The van der Waals surface area contributed by atoms with E-state index in [9.17, 15) is 26.4 Å². The van der Waals surface area contributed by atoms with Gasteiger partial charge in [0.15, 0.2) is 0 Å². The van der Waals surface area contributed by atoms with E-state index in [1.807, 2.05) is 0 Å². The van der Waals surface area contributed by atoms with Crippen LogP contribution in [0.5, 0.6) is 0 Å². The van der Waals surface area contributed by atoms with Crippen molar-refractivity contribution in [3.8, 4) is 0 Å². The van der Waals surface area contributed by atoms with Gasteiger partial charge in [0.25, 0.3) is 0 Å². The van der Waals surface area contributed by atoms with Crippen LogP contribution in [0.15, 0.2) is 0 Å². The largest absolute Gasteiger partial charge is 0.511 e. The smallest absolute Gasteiger partial charge is 0.481 e. The fourth-order valence-corrected chi connectivity index (χ4v) is 3.13. The van der Waals surface area contributed by atoms with Gasteiger partial charge in [-0.2, -0.15) is 17.5 Å². The summed E-state index contributed by atoms with van der Waals surface area (Å²) in [5, 5.41) is 8.89. The molecule has 0 aromatic rings. The molecule has 0 radical (unpaired) electrons. The van der Waals surface area contributed by atoms with Crippen molar-refractivity contribution in [1.29, 1.82) is 0 Å². The number of hydrogen-bond acceptors (Lipinski definition) is 4. The number of nitrogens with zero attached hydrogens (tertiary/aromatic N) is 1. The number of aliphatic carboxylic acids is 1. The maximum Gasteiger partial charge on any atom is 0.511 e. The Bertz CT molecular complexity index is 436. The van der Waals surface area contributed by atoms with Gasteiger partial charge in [0.1, 0.15) is 0 Å². The van der Waals surface area contributed by atoms with Crippen LogP contribution in [-0.2, 0) is 19.6 Å². The molecule has 6 nitrogen and oxygen atoms in total. The van der Waals surface area contributed by atoms with E-state index < -0.39 is 40.0 Å². The molecule has 0 bridgehead atoms. The summed E-state index contributed by atoms with van der Waals surface area (Å²) in [6, 6.07) is -1.33. The zero-order chi connectivity index (χ0) is 14.8. The second-order valence-electron chi connectivity index (χ2n) is 4.11. The number of halogens is 3. The van der Waals surface area contributed by atoms with Gasteiger partial charge in [-0.05, 0) is 6.42 Å². The summed E-state index contributed by atoms with van der Waals surface area (Å²) in [7, 11) is -5.56. The van der Waals surface area contributed by atoms with Gasteiger partial charge in [-0.25, -0.2) is 8.42 Å². The van der Waals surface area contributed by atoms with Crippen molar-refractivity contribution in [3.05, 3.63) is 0 Å². The molecular formula is C9H14F3NO5S. The maximum absolute atomic E-state index is 12.6. The van der Waals surface area contributed by atoms with Crippen molar-refractivity contribution in [1.82, 2.24) is 4.31 Å². The number of ether oxygens (including phenoxy) is 1. The molecule has 2 unspecified atom stereocenters. The van der Waals surface area contributed by atoms with E-state index in [2.05, 4.69) is 0 Å². The van der Waals surface area contributed by atoms with Gasteiger partial charge in [-0.3, -0.25) is 4.79 Å². The van der Waals surface area contributed by atoms with Gasteiger partial charge < -0.3 is 9.84 Å². The first-order chi connectivity index (χ1) is 8.63. The van der Waals surface area contributed by atoms with Crippen LogP contribution in [0.25, 0.3) is 0 Å². The van der Waals surface area contributed by atoms with Crippen molar-refractivity contribution in [3.63, 3.8) is 0 Å². The zero-order valence-corrected chi connectivity index (χ0v) is 10.9. The molecule has 1 saturated heterocycles. The number of rotatable bonds is 5. The summed E-state index contributed by atoms with van der Waals surface area (Å²) in [6.45, 7) is 0.448. The number of carbonyl (C=O) groups is 1. The second kappa shape index (κ2) is 5.63. The lowest BCUT2D eigenvalue weighted by Gasteiger charge is -2.29. The van der Waals surface area contributed by atoms with Gasteiger partial charge in [0.05, 0.1) is 25.2 Å². The average molecular weight is 305 g/mol. The number of hydrogen-bond donors (Lipinski definition) is 1. The highest BCUT2D eigenvalue weighted by Crippen LogP contribution is 2.32. The maximum atomic E-state index is 12.6. The Kier molecular flexibility index (Phi) is 4.80. The van der Waals surface area contributed by atoms with E-state index >= 15 is 0 Å². The topological polar surface area (TPSA) is 83.9 Å². The summed E-state index contributed by atoms with van der Waals surface area (Å²) in [5.41, 5.74) is -5.45. The van der Waals surface area contributed by atoms with Crippen molar-refractivity contribution in [2.75, 3.05) is 19.8 Å². The summed E-state index contributed by atoms with van der Waals surface area (Å²) in [6.07, 6.45) is 0.137. The second-order valence-corrected chi connectivity index (χ2v) is 5.99. The van der Waals surface area contributed by atoms with Crippen molar-refractivity contribution in [2.24, 2.45) is 5.92 Å². The molecule has 0 aromatic carbocycles. The van der Waals surface area contributed by atoms with Crippen LogP contribution < -0.4 is 0 Å². The van der Waals surface area contributed by atoms with E-state index in [1.165, 1.54) is 6.92 Å². The van der Waals surface area contributed by atoms with Crippen molar-refractivity contribution in [2.45, 2.75) is 24.9 Å². The third-order valence-corrected chi connectivity index (χ3v) is 4.44. The Labute approximate surface area is 108 Å². The lowest BCUT2D eigenvalue weighted by molar-refractivity contribution is -0.142. The van der Waals surface area contributed by atoms with Crippen LogP contribution in [0.1, 0.15) is 13.3 Å². The predicted octanol–water partition coefficient (Wildman–Crippen LogP) is 0.648. The van der Waals surface area contributed by atoms with Gasteiger partial charge in [0.2, 0.25) is 0 Å². The summed E-state index contributed by atoms with van der Waals surface area (Å²) >= 11 is 0. The normalized spacial score (nSPS) is 24.9. The molecule has 1 N–H and O–H groups in total. The van der Waals surface area contributed by atoms with Crippen molar-refractivity contribution < 1.29 is 36.2 Å². The first-order valence-corrected chi connectivity index (χ1v) is 6.95. The molecule has 112 valence electrons. The first kappa shape index (κ1) is 16.2. The molecule has 1 heterocycles. The molecule has 10 heteroatoms. The molecule has 1 aliphatic heterocycles. The Balaban J connectivity index is 3.11. The fourth-order valence-electron chi connectivity index (χ4n) is 1.88. The highest BCUT2D eigenvalue weighted by Gasteiger charge is 2.54. The number of alkyl halides is 3. The highest BCUT2D eigenvalue weighted by molar-refractivity contribution is 7.90. The van der Waals surface area contributed by atoms with Gasteiger partial charge in [0, 0.05) is 6.54 Å². The Morgan fingerprint density at radius 2 is 2.00 bits per heavy atom. The van der Waals surface area contributed by atoms with Gasteiger partial charge in [-0.15, -0.1) is 0 Å². The minimum Gasteiger partial charge on any atom is -0.481 e. The minimum absolute atomic E-state index is 0.137. The molecule has 0 amide bonds. The van der Waals surface area contributed by atoms with Crippen LogP contribution in [0.2, 0.25) is 0 Å². The molecule has 0 aromatic heterocycles. The van der Waals surface area contributed by atoms with Crippen LogP contribution in [0.4, 0.5) is 13.2 Å². The summed E-state index contributed by atoms with van der Waals surface area (Å²) in [5.74, 6) is -2.66. The third kappa shape index (κ3) is 3.18. The molecule has 19 heavy (non-hydrogen) atoms. The van der Waals surface area contributed by atoms with Crippen LogP contribution >= 0.6 is 0 Å². The molecule has 1 fully saturated rings. The third-order valence-electron chi connectivity index (χ3n) is 2.78. The lowest BCUT2D eigenvalue weighted by atomic mass is 10.0. The Morgan fingerprint density at radius 1 is 1.42 bits per heavy atom. The zero-order valence-electron chi connectivity index (χ0n) is 10.1. The molecule has 1 rings (SSSR count). The summed E-state index contributed by atoms with van der Waals surface area (Å²) in [4.78, 5) is 10.9. The molecule has 0 aliphatic carbocycles. The molecule has 1 aliphatic rings. The standard InChI is InChI=1S/C9H14F3NO5S/c1-2-3-13(19(16,17)9(10,11)12)7-5-18-4-6(7)8(14)15/h6-7H,2-5H2,1H3,(H,14,15).